The predicted molar refractivity (Wildman–Crippen MR) is 94.7 cm³/mol. The predicted octanol–water partition coefficient (Wildman–Crippen LogP) is 3.86. The topological polar surface area (TPSA) is 46.1 Å². The van der Waals surface area contributed by atoms with Gasteiger partial charge in [-0.1, -0.05) is 60.3 Å². The van der Waals surface area contributed by atoms with Crippen molar-refractivity contribution in [1.82, 2.24) is 9.97 Å². The van der Waals surface area contributed by atoms with Gasteiger partial charge >= 0.3 is 0 Å². The summed E-state index contributed by atoms with van der Waals surface area (Å²) in [6.45, 7) is 0.573. The number of nitrogens with zero attached hydrogens (tertiary/aromatic N) is 3. The first-order chi connectivity index (χ1) is 11.8. The molecule has 4 nitrogen and oxygen atoms in total. The van der Waals surface area contributed by atoms with E-state index < -0.39 is 0 Å². The SMILES string of the molecule is O=C1C(Sc2ncccn2)c2ccccc2N1Cc1ccccc1. The molecule has 2 heterocycles. The monoisotopic (exact) mass is 333 g/mol. The molecular formula is C19H15N3OS. The maximum atomic E-state index is 13.0. The summed E-state index contributed by atoms with van der Waals surface area (Å²) in [5.74, 6) is 0.0810. The summed E-state index contributed by atoms with van der Waals surface area (Å²) >= 11 is 1.40. The highest BCUT2D eigenvalue weighted by Gasteiger charge is 2.38. The lowest BCUT2D eigenvalue weighted by atomic mass is 10.1. The van der Waals surface area contributed by atoms with Crippen LogP contribution in [0.25, 0.3) is 0 Å². The van der Waals surface area contributed by atoms with Gasteiger partial charge in [0.25, 0.3) is 0 Å². The third-order valence-electron chi connectivity index (χ3n) is 3.95. The molecule has 1 aliphatic rings. The highest BCUT2D eigenvalue weighted by Crippen LogP contribution is 2.45. The zero-order chi connectivity index (χ0) is 16.4. The second-order valence-electron chi connectivity index (χ2n) is 5.50. The molecule has 0 aliphatic carbocycles. The van der Waals surface area contributed by atoms with Crippen molar-refractivity contribution in [3.63, 3.8) is 0 Å². The molecule has 1 amide bonds. The Balaban J connectivity index is 1.66. The Hall–Kier alpha value is -2.66. The van der Waals surface area contributed by atoms with Crippen molar-refractivity contribution in [2.45, 2.75) is 17.0 Å². The summed E-state index contributed by atoms with van der Waals surface area (Å²) in [5, 5.41) is 0.319. The number of hydrogen-bond acceptors (Lipinski definition) is 4. The summed E-state index contributed by atoms with van der Waals surface area (Å²) < 4.78 is 0. The number of benzene rings is 2. The molecule has 5 heteroatoms. The number of carbonyl (C=O) groups is 1. The molecule has 118 valence electrons. The number of carbonyl (C=O) groups excluding carboxylic acids is 1. The summed E-state index contributed by atoms with van der Waals surface area (Å²) in [4.78, 5) is 23.4. The molecule has 1 unspecified atom stereocenters. The van der Waals surface area contributed by atoms with E-state index in [1.165, 1.54) is 11.8 Å². The van der Waals surface area contributed by atoms with E-state index in [4.69, 9.17) is 0 Å². The smallest absolute Gasteiger partial charge is 0.245 e. The Labute approximate surface area is 144 Å². The second-order valence-corrected chi connectivity index (χ2v) is 6.57. The van der Waals surface area contributed by atoms with Gasteiger partial charge in [0.15, 0.2) is 5.16 Å². The average Bonchev–Trinajstić information content (AvgIpc) is 2.90. The molecule has 0 fully saturated rings. The zero-order valence-electron chi connectivity index (χ0n) is 12.9. The number of amides is 1. The van der Waals surface area contributed by atoms with Gasteiger partial charge in [0.05, 0.1) is 6.54 Å². The van der Waals surface area contributed by atoms with Crippen LogP contribution in [-0.2, 0) is 11.3 Å². The van der Waals surface area contributed by atoms with E-state index in [9.17, 15) is 4.79 Å². The van der Waals surface area contributed by atoms with Crippen molar-refractivity contribution < 1.29 is 4.79 Å². The Kier molecular flexibility index (Phi) is 4.01. The van der Waals surface area contributed by atoms with Gasteiger partial charge in [0.2, 0.25) is 5.91 Å². The van der Waals surface area contributed by atoms with E-state index in [0.29, 0.717) is 11.7 Å². The maximum Gasteiger partial charge on any atom is 0.245 e. The van der Waals surface area contributed by atoms with Crippen molar-refractivity contribution in [2.24, 2.45) is 0 Å². The van der Waals surface area contributed by atoms with E-state index in [1.54, 1.807) is 18.5 Å². The fraction of sp³-hybridized carbons (Fsp3) is 0.105. The largest absolute Gasteiger partial charge is 0.306 e. The van der Waals surface area contributed by atoms with Crippen LogP contribution >= 0.6 is 11.8 Å². The summed E-state index contributed by atoms with van der Waals surface area (Å²) in [6.07, 6.45) is 3.39. The fourth-order valence-corrected chi connectivity index (χ4v) is 3.85. The van der Waals surface area contributed by atoms with Crippen LogP contribution in [0.1, 0.15) is 16.4 Å². The molecule has 0 saturated heterocycles. The zero-order valence-corrected chi connectivity index (χ0v) is 13.7. The first-order valence-corrected chi connectivity index (χ1v) is 8.59. The highest BCUT2D eigenvalue weighted by molar-refractivity contribution is 8.00. The van der Waals surface area contributed by atoms with Crippen molar-refractivity contribution >= 4 is 23.4 Å². The highest BCUT2D eigenvalue weighted by atomic mass is 32.2. The molecule has 4 rings (SSSR count). The lowest BCUT2D eigenvalue weighted by Crippen LogP contribution is -2.27. The fourth-order valence-electron chi connectivity index (χ4n) is 2.84. The molecule has 2 aromatic carbocycles. The molecule has 24 heavy (non-hydrogen) atoms. The lowest BCUT2D eigenvalue weighted by molar-refractivity contribution is -0.117. The van der Waals surface area contributed by atoms with Crippen LogP contribution in [-0.4, -0.2) is 15.9 Å². The Morgan fingerprint density at radius 2 is 1.62 bits per heavy atom. The van der Waals surface area contributed by atoms with Crippen molar-refractivity contribution in [3.05, 3.63) is 84.2 Å². The van der Waals surface area contributed by atoms with Crippen LogP contribution in [0.2, 0.25) is 0 Å². The van der Waals surface area contributed by atoms with E-state index in [2.05, 4.69) is 9.97 Å². The second kappa shape index (κ2) is 6.45. The molecule has 3 aromatic rings. The van der Waals surface area contributed by atoms with Crippen LogP contribution in [0.3, 0.4) is 0 Å². The lowest BCUT2D eigenvalue weighted by Gasteiger charge is -2.18. The van der Waals surface area contributed by atoms with E-state index >= 15 is 0 Å². The molecule has 0 saturated carbocycles. The van der Waals surface area contributed by atoms with Gasteiger partial charge in [-0.2, -0.15) is 0 Å². The first-order valence-electron chi connectivity index (χ1n) is 7.71. The van der Waals surface area contributed by atoms with Gasteiger partial charge in [0, 0.05) is 18.1 Å². The van der Waals surface area contributed by atoms with E-state index in [-0.39, 0.29) is 11.2 Å². The minimum Gasteiger partial charge on any atom is -0.306 e. The average molecular weight is 333 g/mol. The third kappa shape index (κ3) is 2.78. The Morgan fingerprint density at radius 3 is 2.42 bits per heavy atom. The van der Waals surface area contributed by atoms with Gasteiger partial charge in [-0.15, -0.1) is 0 Å². The van der Waals surface area contributed by atoms with Gasteiger partial charge in [-0.05, 0) is 23.3 Å². The van der Waals surface area contributed by atoms with E-state index in [0.717, 1.165) is 16.8 Å². The number of anilines is 1. The van der Waals surface area contributed by atoms with Gasteiger partial charge in [-0.25, -0.2) is 9.97 Å². The Bertz CT molecular complexity index is 784. The normalized spacial score (nSPS) is 16.2. The summed E-state index contributed by atoms with van der Waals surface area (Å²) in [7, 11) is 0. The molecule has 0 bridgehead atoms. The Morgan fingerprint density at radius 1 is 0.917 bits per heavy atom. The number of rotatable bonds is 4. The molecule has 1 aliphatic heterocycles. The van der Waals surface area contributed by atoms with Gasteiger partial charge in [0.1, 0.15) is 5.25 Å². The van der Waals surface area contributed by atoms with Crippen LogP contribution in [0, 0.1) is 0 Å². The van der Waals surface area contributed by atoms with Crippen molar-refractivity contribution in [1.29, 1.82) is 0 Å². The molecule has 1 aromatic heterocycles. The number of aromatic nitrogens is 2. The first kappa shape index (κ1) is 14.9. The number of thioether (sulfide) groups is 1. The summed E-state index contributed by atoms with van der Waals surface area (Å²) in [6, 6.07) is 19.8. The maximum absolute atomic E-state index is 13.0. The quantitative estimate of drug-likeness (QED) is 0.680. The van der Waals surface area contributed by atoms with Crippen molar-refractivity contribution in [3.8, 4) is 0 Å². The molecule has 1 atom stereocenters. The molecular weight excluding hydrogens is 318 g/mol. The number of para-hydroxylation sites is 1. The minimum absolute atomic E-state index is 0.0810. The van der Waals surface area contributed by atoms with Gasteiger partial charge < -0.3 is 4.90 Å². The van der Waals surface area contributed by atoms with Crippen LogP contribution < -0.4 is 4.90 Å². The minimum atomic E-state index is -0.299. The van der Waals surface area contributed by atoms with Crippen LogP contribution in [0.15, 0.2) is 78.2 Å². The van der Waals surface area contributed by atoms with Crippen LogP contribution in [0.4, 0.5) is 5.69 Å². The number of fused-ring (bicyclic) bond motifs is 1. The van der Waals surface area contributed by atoms with Crippen LogP contribution in [0.5, 0.6) is 0 Å². The third-order valence-corrected chi connectivity index (χ3v) is 5.06. The van der Waals surface area contributed by atoms with Crippen molar-refractivity contribution in [2.75, 3.05) is 4.90 Å². The van der Waals surface area contributed by atoms with Gasteiger partial charge in [-0.3, -0.25) is 4.79 Å². The molecule has 0 radical (unpaired) electrons. The summed E-state index contributed by atoms with van der Waals surface area (Å²) in [5.41, 5.74) is 3.11. The molecule has 0 N–H and O–H groups in total. The number of hydrogen-bond donors (Lipinski definition) is 0. The standard InChI is InChI=1S/C19H15N3OS/c23-18-17(24-19-20-11-6-12-21-19)15-9-4-5-10-16(15)22(18)13-14-7-2-1-3-8-14/h1-12,17H,13H2. The molecule has 0 spiro atoms. The van der Waals surface area contributed by atoms with E-state index in [1.807, 2.05) is 59.5 Å².